The number of aryl methyl sites for hydroxylation is 1. The summed E-state index contributed by atoms with van der Waals surface area (Å²) in [5, 5.41) is 0. The molecule has 0 saturated heterocycles. The van der Waals surface area contributed by atoms with Crippen molar-refractivity contribution in [1.82, 2.24) is 0 Å². The maximum atomic E-state index is 11.4. The van der Waals surface area contributed by atoms with Crippen LogP contribution in [0.3, 0.4) is 0 Å². The molecule has 0 spiro atoms. The molecule has 0 fully saturated rings. The number of ether oxygens (including phenoxy) is 1. The number of hydrogen-bond donors (Lipinski definition) is 0. The molecule has 106 valence electrons. The third-order valence-corrected chi connectivity index (χ3v) is 7.30. The second-order valence-corrected chi connectivity index (χ2v) is 8.54. The average molecular weight is 368 g/mol. The second-order valence-electron chi connectivity index (χ2n) is 4.38. The van der Waals surface area contributed by atoms with Gasteiger partial charge in [0.05, 0.1) is 16.9 Å². The summed E-state index contributed by atoms with van der Waals surface area (Å²) in [4.78, 5) is 0.671. The summed E-state index contributed by atoms with van der Waals surface area (Å²) in [5.41, 5.74) is 2.87. The quantitative estimate of drug-likeness (QED) is 0.328. The second kappa shape index (κ2) is 6.37. The minimum absolute atomic E-state index is 0. The molecule has 0 N–H and O–H groups in total. The van der Waals surface area contributed by atoms with E-state index in [-0.39, 0.29) is 40.2 Å². The van der Waals surface area contributed by atoms with Gasteiger partial charge in [-0.15, -0.1) is 0 Å². The molecule has 1 aromatic carbocycles. The van der Waals surface area contributed by atoms with Gasteiger partial charge in [-0.05, 0) is 36.1 Å². The normalized spacial score (nSPS) is 13.0. The Balaban J connectivity index is 0.00000161. The van der Waals surface area contributed by atoms with Crippen LogP contribution in [0.15, 0.2) is 17.0 Å². The van der Waals surface area contributed by atoms with Gasteiger partial charge in [-0.25, -0.2) is 8.42 Å². The molecule has 2 aromatic rings. The van der Waals surface area contributed by atoms with Crippen LogP contribution in [-0.4, -0.2) is 20.1 Å². The molecule has 3 rings (SSSR count). The molecule has 0 saturated carbocycles. The first-order valence-electron chi connectivity index (χ1n) is 5.71. The van der Waals surface area contributed by atoms with E-state index >= 15 is 0 Å². The van der Waals surface area contributed by atoms with Crippen LogP contribution in [-0.2, 0) is 23.0 Å². The van der Waals surface area contributed by atoms with Crippen molar-refractivity contribution < 1.29 is 47.3 Å². The van der Waals surface area contributed by atoms with E-state index in [0.29, 0.717) is 0 Å². The fourth-order valence-corrected chi connectivity index (χ4v) is 6.02. The number of fused-ring (bicyclic) bond motifs is 3. The van der Waals surface area contributed by atoms with E-state index in [1.54, 1.807) is 6.07 Å². The molecule has 9 heteroatoms. The first-order valence-corrected chi connectivity index (χ1v) is 9.67. The van der Waals surface area contributed by atoms with Gasteiger partial charge in [-0.2, -0.15) is 0 Å². The van der Waals surface area contributed by atoms with E-state index in [2.05, 4.69) is 0 Å². The maximum absolute atomic E-state index is 11.4. The van der Waals surface area contributed by atoms with E-state index in [1.807, 2.05) is 0 Å². The van der Waals surface area contributed by atoms with Crippen molar-refractivity contribution in [3.8, 4) is 16.2 Å². The van der Waals surface area contributed by atoms with Gasteiger partial charge >= 0.3 is 29.6 Å². The molecule has 0 atom stereocenters. The Morgan fingerprint density at radius 3 is 2.62 bits per heavy atom. The van der Waals surface area contributed by atoms with Crippen LogP contribution in [0.2, 0.25) is 0 Å². The number of methoxy groups -OCH3 is 1. The largest absolute Gasteiger partial charge is 1.00 e. The summed E-state index contributed by atoms with van der Waals surface area (Å²) in [5.74, 6) is 0.112. The fraction of sp³-hybridized carbons (Fsp3) is 0.250. The molecule has 1 aliphatic rings. The molecule has 0 bridgehead atoms. The van der Waals surface area contributed by atoms with Crippen LogP contribution in [0.5, 0.6) is 5.75 Å². The third kappa shape index (κ3) is 3.13. The fourth-order valence-electron chi connectivity index (χ4n) is 2.33. The van der Waals surface area contributed by atoms with Gasteiger partial charge in [0, 0.05) is 5.56 Å². The Morgan fingerprint density at radius 2 is 2.00 bits per heavy atom. The molecular formula is C12H9NaO4S4. The maximum Gasteiger partial charge on any atom is 1.00 e. The summed E-state index contributed by atoms with van der Waals surface area (Å²) in [7, 11) is -0.175. The van der Waals surface area contributed by atoms with E-state index < -0.39 is 10.1 Å². The molecule has 1 aromatic heterocycles. The first-order chi connectivity index (χ1) is 9.41. The van der Waals surface area contributed by atoms with Crippen LogP contribution >= 0.6 is 32.9 Å². The van der Waals surface area contributed by atoms with Crippen molar-refractivity contribution in [2.24, 2.45) is 0 Å². The van der Waals surface area contributed by atoms with Crippen LogP contribution in [0.1, 0.15) is 11.1 Å². The average Bonchev–Trinajstić information content (AvgIpc) is 2.78. The van der Waals surface area contributed by atoms with Crippen molar-refractivity contribution in [2.45, 2.75) is 17.7 Å². The van der Waals surface area contributed by atoms with E-state index in [4.69, 9.17) is 17.0 Å². The van der Waals surface area contributed by atoms with Crippen LogP contribution < -0.4 is 34.3 Å². The van der Waals surface area contributed by atoms with Crippen molar-refractivity contribution in [2.75, 3.05) is 7.11 Å². The molecular weight excluding hydrogens is 359 g/mol. The van der Waals surface area contributed by atoms with Gasteiger partial charge < -0.3 is 9.29 Å². The molecule has 0 aliphatic heterocycles. The number of rotatable bonds is 2. The molecule has 1 heterocycles. The van der Waals surface area contributed by atoms with Gasteiger partial charge in [0.15, 0.2) is 0 Å². The van der Waals surface area contributed by atoms with Crippen molar-refractivity contribution >= 4 is 43.0 Å². The Kier molecular flexibility index (Phi) is 5.32. The van der Waals surface area contributed by atoms with Crippen LogP contribution in [0, 0.1) is 3.82 Å². The first kappa shape index (κ1) is 17.6. The zero-order chi connectivity index (χ0) is 14.5. The zero-order valence-corrected chi connectivity index (χ0v) is 16.6. The van der Waals surface area contributed by atoms with Gasteiger partial charge in [0.2, 0.25) is 0 Å². The number of benzene rings is 1. The smallest absolute Gasteiger partial charge is 0.744 e. The number of hydrogen-bond acceptors (Lipinski definition) is 7. The van der Waals surface area contributed by atoms with E-state index in [1.165, 1.54) is 33.9 Å². The van der Waals surface area contributed by atoms with Gasteiger partial charge in [0.1, 0.15) is 19.7 Å². The van der Waals surface area contributed by atoms with Crippen LogP contribution in [0.25, 0.3) is 10.4 Å². The van der Waals surface area contributed by atoms with Crippen molar-refractivity contribution in [3.05, 3.63) is 27.1 Å². The monoisotopic (exact) mass is 368 g/mol. The van der Waals surface area contributed by atoms with E-state index in [9.17, 15) is 13.0 Å². The Bertz CT molecular complexity index is 851. The summed E-state index contributed by atoms with van der Waals surface area (Å²) in [6.45, 7) is 0. The Morgan fingerprint density at radius 1 is 1.29 bits per heavy atom. The molecule has 0 unspecified atom stereocenters. The van der Waals surface area contributed by atoms with Gasteiger partial charge in [-0.1, -0.05) is 32.9 Å². The topological polar surface area (TPSA) is 66.4 Å². The molecule has 0 amide bonds. The minimum atomic E-state index is -4.57. The van der Waals surface area contributed by atoms with Crippen molar-refractivity contribution in [3.63, 3.8) is 0 Å². The Hall–Kier alpha value is 0.200. The molecule has 4 nitrogen and oxygen atoms in total. The zero-order valence-electron chi connectivity index (χ0n) is 11.3. The summed E-state index contributed by atoms with van der Waals surface area (Å²) < 4.78 is 40.0. The predicted octanol–water partition coefficient (Wildman–Crippen LogP) is 0.221. The molecule has 21 heavy (non-hydrogen) atoms. The summed E-state index contributed by atoms with van der Waals surface area (Å²) in [6.07, 6.45) is 1.61. The minimum Gasteiger partial charge on any atom is -0.744 e. The third-order valence-electron chi connectivity index (χ3n) is 3.27. The van der Waals surface area contributed by atoms with Crippen molar-refractivity contribution in [1.29, 1.82) is 0 Å². The van der Waals surface area contributed by atoms with E-state index in [0.717, 1.165) is 38.2 Å². The summed E-state index contributed by atoms with van der Waals surface area (Å²) >= 11 is 5.28. The van der Waals surface area contributed by atoms with Crippen LogP contribution in [0.4, 0.5) is 0 Å². The predicted molar refractivity (Wildman–Crippen MR) is 80.4 cm³/mol. The Labute approximate surface area is 157 Å². The standard InChI is InChI=1S/C12H10O4S4.Na/c1-16-9-4-6-2-3-7-11(18-19-12(7)17)8(6)5-10(9)20(13,14)15;/h4-5H,2-3H2,1H3,(H,13,14,15);/q;+1/p-1. The van der Waals surface area contributed by atoms with Gasteiger partial charge in [-0.3, -0.25) is 0 Å². The molecule has 1 aliphatic carbocycles. The molecule has 0 radical (unpaired) electrons. The van der Waals surface area contributed by atoms with Gasteiger partial charge in [0.25, 0.3) is 0 Å². The SMILES string of the molecule is COc1cc2c(cc1S(=O)(=O)[O-])-c1ssc(=S)c1CC2.[Na+]. The summed E-state index contributed by atoms with van der Waals surface area (Å²) in [6, 6.07) is 3.07.